The molecule has 0 unspecified atom stereocenters. The van der Waals surface area contributed by atoms with Gasteiger partial charge in [-0.05, 0) is 65.2 Å². The number of carbonyl (C=O) groups excluding carboxylic acids is 3. The van der Waals surface area contributed by atoms with Crippen molar-refractivity contribution < 1.29 is 18.8 Å². The standard InChI is InChI=1S/C26H19BrFN3O3S2/c27-18-5-8-22-21(11-18)17(14-30(22)15-24(32)29-12-20-2-1-9-35-20)10-23-25(33)31(26(34)36-23)13-16-3-6-19(28)7-4-16/h1-11,14H,12-13,15H2,(H,29,32)/b23-10-. The van der Waals surface area contributed by atoms with Gasteiger partial charge in [-0.3, -0.25) is 19.3 Å². The Morgan fingerprint density at radius 2 is 1.92 bits per heavy atom. The molecule has 1 aliphatic rings. The predicted octanol–water partition coefficient (Wildman–Crippen LogP) is 6.16. The van der Waals surface area contributed by atoms with Crippen LogP contribution in [0.2, 0.25) is 0 Å². The normalized spacial score (nSPS) is 14.8. The van der Waals surface area contributed by atoms with Crippen LogP contribution in [0.15, 0.2) is 75.6 Å². The summed E-state index contributed by atoms with van der Waals surface area (Å²) in [5.74, 6) is -0.913. The molecule has 4 aromatic rings. The molecule has 2 aromatic carbocycles. The molecule has 0 bridgehead atoms. The molecule has 36 heavy (non-hydrogen) atoms. The number of hydrogen-bond donors (Lipinski definition) is 1. The molecule has 1 fully saturated rings. The molecule has 6 nitrogen and oxygen atoms in total. The van der Waals surface area contributed by atoms with Gasteiger partial charge in [0.1, 0.15) is 12.4 Å². The van der Waals surface area contributed by atoms with E-state index in [2.05, 4.69) is 21.2 Å². The lowest BCUT2D eigenvalue weighted by Gasteiger charge is -2.12. The van der Waals surface area contributed by atoms with Crippen LogP contribution >= 0.6 is 39.0 Å². The first-order valence-corrected chi connectivity index (χ1v) is 13.4. The fourth-order valence-electron chi connectivity index (χ4n) is 3.90. The van der Waals surface area contributed by atoms with Crippen LogP contribution in [0.4, 0.5) is 9.18 Å². The zero-order chi connectivity index (χ0) is 25.2. The summed E-state index contributed by atoms with van der Waals surface area (Å²) >= 11 is 5.94. The molecule has 1 saturated heterocycles. The molecule has 1 aliphatic heterocycles. The summed E-state index contributed by atoms with van der Waals surface area (Å²) in [5.41, 5.74) is 2.22. The van der Waals surface area contributed by atoms with Crippen LogP contribution in [-0.4, -0.2) is 26.5 Å². The van der Waals surface area contributed by atoms with Crippen molar-refractivity contribution in [3.05, 3.63) is 97.4 Å². The number of nitrogens with one attached hydrogen (secondary N) is 1. The third-order valence-electron chi connectivity index (χ3n) is 5.64. The van der Waals surface area contributed by atoms with Gasteiger partial charge in [0.05, 0.1) is 18.0 Å². The van der Waals surface area contributed by atoms with E-state index >= 15 is 0 Å². The molecule has 0 saturated carbocycles. The Bertz CT molecular complexity index is 1500. The molecule has 0 radical (unpaired) electrons. The van der Waals surface area contributed by atoms with E-state index in [-0.39, 0.29) is 30.1 Å². The molecule has 0 spiro atoms. The quantitative estimate of drug-likeness (QED) is 0.265. The second kappa shape index (κ2) is 10.4. The van der Waals surface area contributed by atoms with Crippen LogP contribution < -0.4 is 5.32 Å². The van der Waals surface area contributed by atoms with Gasteiger partial charge in [-0.1, -0.05) is 34.1 Å². The topological polar surface area (TPSA) is 71.4 Å². The molecule has 0 atom stereocenters. The lowest BCUT2D eigenvalue weighted by atomic mass is 10.1. The summed E-state index contributed by atoms with van der Waals surface area (Å²) in [7, 11) is 0. The van der Waals surface area contributed by atoms with Crippen LogP contribution in [0, 0.1) is 5.82 Å². The van der Waals surface area contributed by atoms with Gasteiger partial charge in [0.25, 0.3) is 11.1 Å². The number of thioether (sulfide) groups is 1. The zero-order valence-corrected chi connectivity index (χ0v) is 22.0. The first-order chi connectivity index (χ1) is 17.4. The van der Waals surface area contributed by atoms with Crippen molar-refractivity contribution >= 4 is 73.1 Å². The number of halogens is 2. The highest BCUT2D eigenvalue weighted by molar-refractivity contribution is 9.10. The maximum absolute atomic E-state index is 13.2. The SMILES string of the molecule is O=C(Cn1cc(/C=C2\SC(=O)N(Cc3ccc(F)cc3)C2=O)c2cc(Br)ccc21)NCc1cccs1. The second-order valence-electron chi connectivity index (χ2n) is 8.12. The number of rotatable bonds is 7. The van der Waals surface area contributed by atoms with Crippen molar-refractivity contribution in [2.45, 2.75) is 19.6 Å². The highest BCUT2D eigenvalue weighted by Crippen LogP contribution is 2.35. The third kappa shape index (κ3) is 5.30. The molecule has 182 valence electrons. The van der Waals surface area contributed by atoms with Crippen molar-refractivity contribution in [2.75, 3.05) is 0 Å². The maximum atomic E-state index is 13.2. The van der Waals surface area contributed by atoms with Gasteiger partial charge in [-0.25, -0.2) is 4.39 Å². The summed E-state index contributed by atoms with van der Waals surface area (Å²) in [6.45, 7) is 0.651. The fourth-order valence-corrected chi connectivity index (χ4v) is 5.74. The molecular formula is C26H19BrFN3O3S2. The highest BCUT2D eigenvalue weighted by Gasteiger charge is 2.35. The summed E-state index contributed by atoms with van der Waals surface area (Å²) in [4.78, 5) is 40.8. The highest BCUT2D eigenvalue weighted by atomic mass is 79.9. The van der Waals surface area contributed by atoms with Crippen molar-refractivity contribution in [3.8, 4) is 0 Å². The molecule has 0 aliphatic carbocycles. The second-order valence-corrected chi connectivity index (χ2v) is 11.1. The molecule has 5 rings (SSSR count). The Hall–Kier alpha value is -3.21. The largest absolute Gasteiger partial charge is 0.350 e. The van der Waals surface area contributed by atoms with E-state index in [0.717, 1.165) is 42.5 Å². The van der Waals surface area contributed by atoms with E-state index in [4.69, 9.17) is 0 Å². The average molecular weight is 584 g/mol. The Balaban J connectivity index is 1.39. The Morgan fingerprint density at radius 1 is 1.11 bits per heavy atom. The molecular weight excluding hydrogens is 565 g/mol. The van der Waals surface area contributed by atoms with Crippen molar-refractivity contribution in [1.29, 1.82) is 0 Å². The number of thiophene rings is 1. The Kier molecular flexibility index (Phi) is 7.08. The van der Waals surface area contributed by atoms with Gasteiger partial charge < -0.3 is 9.88 Å². The number of aromatic nitrogens is 1. The van der Waals surface area contributed by atoms with Gasteiger partial charge in [-0.2, -0.15) is 0 Å². The number of carbonyl (C=O) groups is 3. The van der Waals surface area contributed by atoms with Gasteiger partial charge in [0.2, 0.25) is 5.91 Å². The van der Waals surface area contributed by atoms with Crippen molar-refractivity contribution in [1.82, 2.24) is 14.8 Å². The molecule has 10 heteroatoms. The predicted molar refractivity (Wildman–Crippen MR) is 144 cm³/mol. The number of nitrogens with zero attached hydrogens (tertiary/aromatic N) is 2. The first-order valence-electron chi connectivity index (χ1n) is 10.9. The number of benzene rings is 2. The molecule has 3 heterocycles. The summed E-state index contributed by atoms with van der Waals surface area (Å²) in [5, 5.41) is 5.36. The van der Waals surface area contributed by atoms with Crippen LogP contribution in [-0.2, 0) is 29.2 Å². The van der Waals surface area contributed by atoms with E-state index in [1.165, 1.54) is 12.1 Å². The van der Waals surface area contributed by atoms with Crippen LogP contribution in [0.3, 0.4) is 0 Å². The Labute approximate surface area is 222 Å². The van der Waals surface area contributed by atoms with Crippen LogP contribution in [0.1, 0.15) is 16.0 Å². The minimum atomic E-state index is -0.404. The molecule has 1 N–H and O–H groups in total. The average Bonchev–Trinajstić information content (AvgIpc) is 3.55. The number of fused-ring (bicyclic) bond motifs is 1. The van der Waals surface area contributed by atoms with Crippen molar-refractivity contribution in [3.63, 3.8) is 0 Å². The van der Waals surface area contributed by atoms with E-state index in [1.807, 2.05) is 46.5 Å². The van der Waals surface area contributed by atoms with E-state index in [9.17, 15) is 18.8 Å². The van der Waals surface area contributed by atoms with E-state index in [1.54, 1.807) is 29.5 Å². The first kappa shape index (κ1) is 24.5. The fraction of sp³-hybridized carbons (Fsp3) is 0.115. The summed E-state index contributed by atoms with van der Waals surface area (Å²) in [6.07, 6.45) is 3.50. The smallest absolute Gasteiger partial charge is 0.293 e. The lowest BCUT2D eigenvalue weighted by molar-refractivity contribution is -0.123. The van der Waals surface area contributed by atoms with Crippen molar-refractivity contribution in [2.24, 2.45) is 0 Å². The molecule has 2 aromatic heterocycles. The maximum Gasteiger partial charge on any atom is 0.293 e. The number of amides is 3. The lowest BCUT2D eigenvalue weighted by Crippen LogP contribution is -2.27. The summed E-state index contributed by atoms with van der Waals surface area (Å²) < 4.78 is 15.9. The monoisotopic (exact) mass is 583 g/mol. The summed E-state index contributed by atoms with van der Waals surface area (Å²) in [6, 6.07) is 15.3. The zero-order valence-electron chi connectivity index (χ0n) is 18.7. The van der Waals surface area contributed by atoms with E-state index in [0.29, 0.717) is 17.0 Å². The molecule has 3 amide bonds. The van der Waals surface area contributed by atoms with Gasteiger partial charge in [-0.15, -0.1) is 11.3 Å². The van der Waals surface area contributed by atoms with Gasteiger partial charge in [0.15, 0.2) is 0 Å². The Morgan fingerprint density at radius 3 is 2.67 bits per heavy atom. The number of hydrogen-bond acceptors (Lipinski definition) is 5. The third-order valence-corrected chi connectivity index (χ3v) is 7.92. The van der Waals surface area contributed by atoms with Gasteiger partial charge in [0, 0.05) is 32.0 Å². The number of imide groups is 1. The minimum absolute atomic E-state index is 0.0695. The van der Waals surface area contributed by atoms with E-state index < -0.39 is 5.91 Å². The van der Waals surface area contributed by atoms with Gasteiger partial charge >= 0.3 is 0 Å². The van der Waals surface area contributed by atoms with Crippen LogP contribution in [0.5, 0.6) is 0 Å². The minimum Gasteiger partial charge on any atom is -0.350 e. The van der Waals surface area contributed by atoms with Crippen LogP contribution in [0.25, 0.3) is 17.0 Å².